The van der Waals surface area contributed by atoms with Crippen molar-refractivity contribution in [3.05, 3.63) is 35.1 Å². The zero-order chi connectivity index (χ0) is 10.7. The van der Waals surface area contributed by atoms with E-state index in [9.17, 15) is 9.18 Å². The van der Waals surface area contributed by atoms with Gasteiger partial charge in [0.25, 0.3) is 0 Å². The molecule has 3 heteroatoms. The molecule has 0 heterocycles. The Morgan fingerprint density at radius 1 is 1.57 bits per heavy atom. The third kappa shape index (κ3) is 2.41. The van der Waals surface area contributed by atoms with Gasteiger partial charge in [-0.15, -0.1) is 0 Å². The molecule has 0 N–H and O–H groups in total. The van der Waals surface area contributed by atoms with Crippen LogP contribution in [-0.4, -0.2) is 5.78 Å². The van der Waals surface area contributed by atoms with Crippen LogP contribution in [0.15, 0.2) is 18.2 Å². The molecule has 1 rings (SSSR count). The van der Waals surface area contributed by atoms with E-state index in [4.69, 9.17) is 0 Å². The van der Waals surface area contributed by atoms with Crippen LogP contribution in [0.25, 0.3) is 0 Å². The molecule has 0 fully saturated rings. The van der Waals surface area contributed by atoms with Crippen LogP contribution in [0.3, 0.4) is 0 Å². The van der Waals surface area contributed by atoms with Gasteiger partial charge in [-0.05, 0) is 36.6 Å². The second-order valence-electron chi connectivity index (χ2n) is 3.17. The van der Waals surface area contributed by atoms with Crippen molar-refractivity contribution in [1.29, 1.82) is 0 Å². The van der Waals surface area contributed by atoms with E-state index in [1.54, 1.807) is 6.07 Å². The Balaban J connectivity index is 3.13. The summed E-state index contributed by atoms with van der Waals surface area (Å²) in [6, 6.07) is 4.52. The van der Waals surface area contributed by atoms with E-state index >= 15 is 0 Å². The summed E-state index contributed by atoms with van der Waals surface area (Å²) >= 11 is 3.29. The van der Waals surface area contributed by atoms with Crippen LogP contribution in [0.1, 0.15) is 29.8 Å². The lowest BCUT2D eigenvalue weighted by atomic mass is 10.0. The summed E-state index contributed by atoms with van der Waals surface area (Å²) < 4.78 is 12.9. The highest BCUT2D eigenvalue weighted by Crippen LogP contribution is 2.27. The van der Waals surface area contributed by atoms with Gasteiger partial charge in [-0.2, -0.15) is 0 Å². The molecule has 0 spiro atoms. The maximum Gasteiger partial charge on any atom is 0.147 e. The van der Waals surface area contributed by atoms with Crippen LogP contribution in [0.5, 0.6) is 0 Å². The summed E-state index contributed by atoms with van der Waals surface area (Å²) in [4.78, 5) is 10.8. The zero-order valence-corrected chi connectivity index (χ0v) is 9.77. The molecule has 76 valence electrons. The lowest BCUT2D eigenvalue weighted by Gasteiger charge is -2.11. The molecular weight excluding hydrogens is 247 g/mol. The molecule has 0 amide bonds. The lowest BCUT2D eigenvalue weighted by molar-refractivity contribution is -0.116. The Morgan fingerprint density at radius 3 is 2.71 bits per heavy atom. The van der Waals surface area contributed by atoms with Crippen molar-refractivity contribution >= 4 is 21.7 Å². The van der Waals surface area contributed by atoms with E-state index in [0.29, 0.717) is 0 Å². The number of benzene rings is 1. The van der Waals surface area contributed by atoms with E-state index in [1.807, 2.05) is 6.92 Å². The molecule has 0 saturated heterocycles. The van der Waals surface area contributed by atoms with Crippen molar-refractivity contribution in [2.45, 2.75) is 25.1 Å². The number of hydrogen-bond acceptors (Lipinski definition) is 1. The van der Waals surface area contributed by atoms with Crippen LogP contribution in [0.2, 0.25) is 0 Å². The highest BCUT2D eigenvalue weighted by Gasteiger charge is 2.15. The fraction of sp³-hybridized carbons (Fsp3) is 0.364. The predicted molar refractivity (Wildman–Crippen MR) is 58.1 cm³/mol. The summed E-state index contributed by atoms with van der Waals surface area (Å²) in [5, 5.41) is 0. The first-order valence-electron chi connectivity index (χ1n) is 4.49. The van der Waals surface area contributed by atoms with Crippen molar-refractivity contribution in [3.8, 4) is 0 Å². The molecule has 0 saturated carbocycles. The smallest absolute Gasteiger partial charge is 0.147 e. The first kappa shape index (κ1) is 11.4. The van der Waals surface area contributed by atoms with Gasteiger partial charge in [0, 0.05) is 0 Å². The fourth-order valence-corrected chi connectivity index (χ4v) is 1.79. The van der Waals surface area contributed by atoms with E-state index in [0.717, 1.165) is 17.5 Å². The molecule has 0 aromatic heterocycles. The molecule has 1 aromatic rings. The maximum atomic E-state index is 12.9. The van der Waals surface area contributed by atoms with Gasteiger partial charge in [-0.25, -0.2) is 4.39 Å². The molecule has 1 atom stereocenters. The van der Waals surface area contributed by atoms with Gasteiger partial charge in [-0.1, -0.05) is 28.9 Å². The van der Waals surface area contributed by atoms with Crippen molar-refractivity contribution < 1.29 is 9.18 Å². The van der Waals surface area contributed by atoms with E-state index in [1.165, 1.54) is 19.1 Å². The Hall–Kier alpha value is -0.700. The quantitative estimate of drug-likeness (QED) is 0.760. The number of halogens is 2. The average Bonchev–Trinajstić information content (AvgIpc) is 2.16. The Bertz CT molecular complexity index is 349. The Labute approximate surface area is 91.5 Å². The molecule has 1 aromatic carbocycles. The second-order valence-corrected chi connectivity index (χ2v) is 4.09. The fourth-order valence-electron chi connectivity index (χ4n) is 1.35. The second kappa shape index (κ2) is 4.69. The van der Waals surface area contributed by atoms with Gasteiger partial charge >= 0.3 is 0 Å². The third-order valence-corrected chi connectivity index (χ3v) is 3.25. The number of Topliss-reactive ketones (excluding diaryl/α,β-unsaturated/α-hetero) is 1. The Morgan fingerprint density at radius 2 is 2.21 bits per heavy atom. The summed E-state index contributed by atoms with van der Waals surface area (Å²) in [7, 11) is 0. The molecular formula is C11H12BrFO. The SMILES string of the molecule is CCc1cc(F)ccc1C(Br)C(C)=O. The minimum atomic E-state index is -0.321. The van der Waals surface area contributed by atoms with Gasteiger partial charge in [0.1, 0.15) is 11.6 Å². The first-order chi connectivity index (χ1) is 6.56. The number of carbonyl (C=O) groups excluding carboxylic acids is 1. The Kier molecular flexibility index (Phi) is 3.81. The number of hydrogen-bond donors (Lipinski definition) is 0. The van der Waals surface area contributed by atoms with E-state index in [-0.39, 0.29) is 16.4 Å². The zero-order valence-electron chi connectivity index (χ0n) is 8.18. The molecule has 0 aliphatic carbocycles. The highest BCUT2D eigenvalue weighted by atomic mass is 79.9. The number of alkyl halides is 1. The number of ketones is 1. The summed E-state index contributed by atoms with van der Waals surface area (Å²) in [6.45, 7) is 3.46. The minimum absolute atomic E-state index is 0.0336. The van der Waals surface area contributed by atoms with Gasteiger partial charge in [0.15, 0.2) is 0 Å². The van der Waals surface area contributed by atoms with Gasteiger partial charge in [-0.3, -0.25) is 4.79 Å². The van der Waals surface area contributed by atoms with E-state index < -0.39 is 0 Å². The molecule has 1 unspecified atom stereocenters. The first-order valence-corrected chi connectivity index (χ1v) is 5.40. The molecule has 14 heavy (non-hydrogen) atoms. The van der Waals surface area contributed by atoms with Crippen molar-refractivity contribution in [2.24, 2.45) is 0 Å². The highest BCUT2D eigenvalue weighted by molar-refractivity contribution is 9.09. The largest absolute Gasteiger partial charge is 0.298 e. The normalized spacial score (nSPS) is 12.6. The number of rotatable bonds is 3. The summed E-state index contributed by atoms with van der Waals surface area (Å²) in [6.07, 6.45) is 0.725. The topological polar surface area (TPSA) is 17.1 Å². The van der Waals surface area contributed by atoms with Gasteiger partial charge in [0.05, 0.1) is 4.83 Å². The van der Waals surface area contributed by atoms with Crippen molar-refractivity contribution in [1.82, 2.24) is 0 Å². The molecule has 1 nitrogen and oxygen atoms in total. The van der Waals surface area contributed by atoms with Crippen LogP contribution in [0, 0.1) is 5.82 Å². The lowest BCUT2D eigenvalue weighted by Crippen LogP contribution is -2.04. The summed E-state index contributed by atoms with van der Waals surface area (Å²) in [5.74, 6) is -0.222. The maximum absolute atomic E-state index is 12.9. The number of aryl methyl sites for hydroxylation is 1. The van der Waals surface area contributed by atoms with Crippen LogP contribution >= 0.6 is 15.9 Å². The van der Waals surface area contributed by atoms with Crippen LogP contribution < -0.4 is 0 Å². The monoisotopic (exact) mass is 258 g/mol. The average molecular weight is 259 g/mol. The standard InChI is InChI=1S/C11H12BrFO/c1-3-8-6-9(13)4-5-10(8)11(12)7(2)14/h4-6,11H,3H2,1-2H3. The molecule has 0 aliphatic heterocycles. The van der Waals surface area contributed by atoms with Crippen LogP contribution in [0.4, 0.5) is 4.39 Å². The predicted octanol–water partition coefficient (Wildman–Crippen LogP) is 3.41. The molecule has 0 bridgehead atoms. The van der Waals surface area contributed by atoms with Gasteiger partial charge in [0.2, 0.25) is 0 Å². The third-order valence-electron chi connectivity index (χ3n) is 2.12. The summed E-state index contributed by atoms with van der Waals surface area (Å²) in [5.41, 5.74) is 1.74. The van der Waals surface area contributed by atoms with Crippen LogP contribution in [-0.2, 0) is 11.2 Å². The number of carbonyl (C=O) groups is 1. The van der Waals surface area contributed by atoms with Crippen molar-refractivity contribution in [2.75, 3.05) is 0 Å². The minimum Gasteiger partial charge on any atom is -0.298 e. The molecule has 0 radical (unpaired) electrons. The van der Waals surface area contributed by atoms with E-state index in [2.05, 4.69) is 15.9 Å². The van der Waals surface area contributed by atoms with Crippen molar-refractivity contribution in [3.63, 3.8) is 0 Å². The van der Waals surface area contributed by atoms with Gasteiger partial charge < -0.3 is 0 Å². The molecule has 0 aliphatic rings.